The van der Waals surface area contributed by atoms with E-state index in [1.807, 2.05) is 24.3 Å². The number of benzene rings is 1. The predicted octanol–water partition coefficient (Wildman–Crippen LogP) is 1.70. The maximum atomic E-state index is 10.5. The van der Waals surface area contributed by atoms with Gasteiger partial charge in [0, 0.05) is 13.1 Å². The average molecular weight is 294 g/mol. The molecule has 1 aromatic rings. The summed E-state index contributed by atoms with van der Waals surface area (Å²) in [4.78, 5) is 10.5. The van der Waals surface area contributed by atoms with Gasteiger partial charge in [0.1, 0.15) is 12.4 Å². The van der Waals surface area contributed by atoms with Gasteiger partial charge in [-0.15, -0.1) is 0 Å². The smallest absolute Gasteiger partial charge is 0.243 e. The Hall–Kier alpha value is -1.59. The molecule has 5 heteroatoms. The largest absolute Gasteiger partial charge is 0.494 e. The summed E-state index contributed by atoms with van der Waals surface area (Å²) in [7, 11) is 0. The molecule has 21 heavy (non-hydrogen) atoms. The summed E-state index contributed by atoms with van der Waals surface area (Å²) in [6.07, 6.45) is 1.06. The Kier molecular flexibility index (Phi) is 8.47. The molecule has 0 atom stereocenters. The minimum atomic E-state index is -0.442. The summed E-state index contributed by atoms with van der Waals surface area (Å²) in [6.45, 7) is 7.01. The van der Waals surface area contributed by atoms with Crippen LogP contribution >= 0.6 is 0 Å². The first-order valence-corrected chi connectivity index (χ1v) is 7.36. The molecule has 0 fully saturated rings. The lowest BCUT2D eigenvalue weighted by molar-refractivity contribution is -0.122. The van der Waals surface area contributed by atoms with Crippen molar-refractivity contribution in [3.8, 4) is 5.75 Å². The first-order chi connectivity index (χ1) is 10.1. The van der Waals surface area contributed by atoms with Gasteiger partial charge in [-0.25, -0.2) is 0 Å². The second-order valence-corrected chi connectivity index (χ2v) is 5.37. The maximum absolute atomic E-state index is 10.5. The van der Waals surface area contributed by atoms with Crippen molar-refractivity contribution in [2.75, 3.05) is 26.4 Å². The van der Waals surface area contributed by atoms with Crippen molar-refractivity contribution in [2.24, 2.45) is 11.7 Å². The SMILES string of the molecule is CC(C)CCOc1ccc(CNCCOCC(N)=O)cc1. The maximum Gasteiger partial charge on any atom is 0.243 e. The number of hydrogen-bond acceptors (Lipinski definition) is 4. The summed E-state index contributed by atoms with van der Waals surface area (Å²) in [5.41, 5.74) is 6.15. The van der Waals surface area contributed by atoms with Crippen molar-refractivity contribution in [2.45, 2.75) is 26.8 Å². The zero-order chi connectivity index (χ0) is 15.5. The van der Waals surface area contributed by atoms with Crippen molar-refractivity contribution >= 4 is 5.91 Å². The van der Waals surface area contributed by atoms with E-state index in [9.17, 15) is 4.79 Å². The Bertz CT molecular complexity index is 404. The molecule has 1 rings (SSSR count). The van der Waals surface area contributed by atoms with Crippen LogP contribution in [0.2, 0.25) is 0 Å². The van der Waals surface area contributed by atoms with E-state index in [0.717, 1.165) is 25.3 Å². The Morgan fingerprint density at radius 1 is 1.24 bits per heavy atom. The van der Waals surface area contributed by atoms with E-state index >= 15 is 0 Å². The highest BCUT2D eigenvalue weighted by molar-refractivity contribution is 5.74. The summed E-state index contributed by atoms with van der Waals surface area (Å²) >= 11 is 0. The van der Waals surface area contributed by atoms with Crippen LogP contribution in [-0.4, -0.2) is 32.3 Å². The van der Waals surface area contributed by atoms with Crippen LogP contribution in [0.4, 0.5) is 0 Å². The topological polar surface area (TPSA) is 73.6 Å². The number of nitrogens with two attached hydrogens (primary N) is 1. The van der Waals surface area contributed by atoms with Gasteiger partial charge in [-0.3, -0.25) is 4.79 Å². The van der Waals surface area contributed by atoms with E-state index in [1.54, 1.807) is 0 Å². The summed E-state index contributed by atoms with van der Waals surface area (Å²) < 4.78 is 10.7. The second kappa shape index (κ2) is 10.2. The summed E-state index contributed by atoms with van der Waals surface area (Å²) in [5, 5.41) is 3.24. The van der Waals surface area contributed by atoms with E-state index in [2.05, 4.69) is 19.2 Å². The third-order valence-electron chi connectivity index (χ3n) is 2.88. The summed E-state index contributed by atoms with van der Waals surface area (Å²) in [6, 6.07) is 8.06. The minimum Gasteiger partial charge on any atom is -0.494 e. The van der Waals surface area contributed by atoms with Gasteiger partial charge in [0.15, 0.2) is 0 Å². The number of amides is 1. The number of ether oxygens (including phenoxy) is 2. The molecule has 3 N–H and O–H groups in total. The van der Waals surface area contributed by atoms with Crippen molar-refractivity contribution in [3.05, 3.63) is 29.8 Å². The molecule has 0 unspecified atom stereocenters. The highest BCUT2D eigenvalue weighted by Gasteiger charge is 1.98. The van der Waals surface area contributed by atoms with Crippen molar-refractivity contribution in [1.29, 1.82) is 0 Å². The number of carbonyl (C=O) groups excluding carboxylic acids is 1. The molecule has 1 amide bonds. The number of hydrogen-bond donors (Lipinski definition) is 2. The Morgan fingerprint density at radius 3 is 2.57 bits per heavy atom. The third-order valence-corrected chi connectivity index (χ3v) is 2.88. The fourth-order valence-corrected chi connectivity index (χ4v) is 1.67. The molecular formula is C16H26N2O3. The Labute approximate surface area is 126 Å². The van der Waals surface area contributed by atoms with Gasteiger partial charge in [0.25, 0.3) is 0 Å². The van der Waals surface area contributed by atoms with Crippen molar-refractivity contribution in [3.63, 3.8) is 0 Å². The van der Waals surface area contributed by atoms with Gasteiger partial charge < -0.3 is 20.5 Å². The number of rotatable bonds is 11. The predicted molar refractivity (Wildman–Crippen MR) is 83.1 cm³/mol. The first kappa shape index (κ1) is 17.5. The van der Waals surface area contributed by atoms with E-state index < -0.39 is 5.91 Å². The lowest BCUT2D eigenvalue weighted by Gasteiger charge is -2.09. The first-order valence-electron chi connectivity index (χ1n) is 7.36. The molecule has 0 bridgehead atoms. The van der Waals surface area contributed by atoms with E-state index in [1.165, 1.54) is 5.56 Å². The molecule has 0 aliphatic rings. The molecule has 0 radical (unpaired) electrons. The normalized spacial score (nSPS) is 10.8. The van der Waals surface area contributed by atoms with Crippen LogP contribution in [0.3, 0.4) is 0 Å². The molecule has 0 saturated carbocycles. The molecule has 1 aromatic carbocycles. The van der Waals surface area contributed by atoms with Crippen LogP contribution in [0.15, 0.2) is 24.3 Å². The average Bonchev–Trinajstić information content (AvgIpc) is 2.43. The minimum absolute atomic E-state index is 0.0237. The van der Waals surface area contributed by atoms with Gasteiger partial charge in [0.05, 0.1) is 13.2 Å². The molecule has 5 nitrogen and oxygen atoms in total. The number of primary amides is 1. The quantitative estimate of drug-likeness (QED) is 0.609. The summed E-state index contributed by atoms with van der Waals surface area (Å²) in [5.74, 6) is 1.12. The van der Waals surface area contributed by atoms with Crippen LogP contribution in [-0.2, 0) is 16.1 Å². The molecule has 0 aliphatic heterocycles. The second-order valence-electron chi connectivity index (χ2n) is 5.37. The standard InChI is InChI=1S/C16H26N2O3/c1-13(2)7-9-21-15-5-3-14(4-6-15)11-18-8-10-20-12-16(17)19/h3-6,13,18H,7-12H2,1-2H3,(H2,17,19). The Morgan fingerprint density at radius 2 is 1.95 bits per heavy atom. The number of nitrogens with one attached hydrogen (secondary N) is 1. The van der Waals surface area contributed by atoms with Gasteiger partial charge in [0.2, 0.25) is 5.91 Å². The molecule has 0 spiro atoms. The molecule has 118 valence electrons. The molecule has 0 aromatic heterocycles. The highest BCUT2D eigenvalue weighted by Crippen LogP contribution is 2.13. The van der Waals surface area contributed by atoms with E-state index in [-0.39, 0.29) is 6.61 Å². The van der Waals surface area contributed by atoms with Crippen LogP contribution in [0.25, 0.3) is 0 Å². The lowest BCUT2D eigenvalue weighted by Crippen LogP contribution is -2.23. The van der Waals surface area contributed by atoms with E-state index in [4.69, 9.17) is 15.2 Å². The molecular weight excluding hydrogens is 268 g/mol. The van der Waals surface area contributed by atoms with Crippen molar-refractivity contribution < 1.29 is 14.3 Å². The monoisotopic (exact) mass is 294 g/mol. The van der Waals surface area contributed by atoms with Crippen LogP contribution in [0.1, 0.15) is 25.8 Å². The van der Waals surface area contributed by atoms with Gasteiger partial charge >= 0.3 is 0 Å². The van der Waals surface area contributed by atoms with Crippen molar-refractivity contribution in [1.82, 2.24) is 5.32 Å². The van der Waals surface area contributed by atoms with Crippen LogP contribution in [0.5, 0.6) is 5.75 Å². The highest BCUT2D eigenvalue weighted by atomic mass is 16.5. The van der Waals surface area contributed by atoms with Gasteiger partial charge in [-0.05, 0) is 30.0 Å². The van der Waals surface area contributed by atoms with Gasteiger partial charge in [-0.2, -0.15) is 0 Å². The fourth-order valence-electron chi connectivity index (χ4n) is 1.67. The molecule has 0 saturated heterocycles. The van der Waals surface area contributed by atoms with Crippen LogP contribution < -0.4 is 15.8 Å². The zero-order valence-corrected chi connectivity index (χ0v) is 12.9. The molecule has 0 heterocycles. The number of carbonyl (C=O) groups is 1. The van der Waals surface area contributed by atoms with Crippen LogP contribution in [0, 0.1) is 5.92 Å². The third kappa shape index (κ3) is 9.05. The fraction of sp³-hybridized carbons (Fsp3) is 0.562. The van der Waals surface area contributed by atoms with E-state index in [0.29, 0.717) is 19.1 Å². The molecule has 0 aliphatic carbocycles. The lowest BCUT2D eigenvalue weighted by atomic mass is 10.1. The van der Waals surface area contributed by atoms with Gasteiger partial charge in [-0.1, -0.05) is 26.0 Å². The Balaban J connectivity index is 2.14. The zero-order valence-electron chi connectivity index (χ0n) is 12.9.